The van der Waals surface area contributed by atoms with Crippen LogP contribution in [0.5, 0.6) is 0 Å². The van der Waals surface area contributed by atoms with Gasteiger partial charge in [-0.1, -0.05) is 12.2 Å². The first-order chi connectivity index (χ1) is 8.39. The van der Waals surface area contributed by atoms with E-state index in [9.17, 15) is 13.2 Å². The molecule has 4 nitrogen and oxygen atoms in total. The fourth-order valence-electron chi connectivity index (χ4n) is 1.47. The van der Waals surface area contributed by atoms with E-state index in [-0.39, 0.29) is 10.6 Å². The molecule has 1 heterocycles. The zero-order chi connectivity index (χ0) is 13.3. The predicted molar refractivity (Wildman–Crippen MR) is 62.2 cm³/mol. The molecule has 0 atom stereocenters. The van der Waals surface area contributed by atoms with Gasteiger partial charge in [0.05, 0.1) is 11.3 Å². The van der Waals surface area contributed by atoms with E-state index in [0.717, 1.165) is 6.07 Å². The van der Waals surface area contributed by atoms with Crippen LogP contribution < -0.4 is 5.73 Å². The van der Waals surface area contributed by atoms with Crippen LogP contribution in [0.3, 0.4) is 0 Å². The van der Waals surface area contributed by atoms with Crippen molar-refractivity contribution in [2.75, 3.05) is 0 Å². The maximum Gasteiger partial charge on any atom is 0.417 e. The zero-order valence-corrected chi connectivity index (χ0v) is 9.66. The molecule has 0 aliphatic heterocycles. The van der Waals surface area contributed by atoms with Crippen molar-refractivity contribution in [1.82, 2.24) is 14.8 Å². The summed E-state index contributed by atoms with van der Waals surface area (Å²) in [5, 5.41) is 3.82. The number of hydrogen-bond acceptors (Lipinski definition) is 3. The second-order valence-electron chi connectivity index (χ2n) is 3.43. The molecule has 94 valence electrons. The average Bonchev–Trinajstić information content (AvgIpc) is 2.80. The number of rotatable bonds is 2. The SMILES string of the molecule is NC(=S)c1cc(-n2cncn2)ccc1C(F)(F)F. The molecule has 0 bridgehead atoms. The Labute approximate surface area is 105 Å². The van der Waals surface area contributed by atoms with Crippen LogP contribution in [0.2, 0.25) is 0 Å². The summed E-state index contributed by atoms with van der Waals surface area (Å²) in [7, 11) is 0. The van der Waals surface area contributed by atoms with Gasteiger partial charge in [0.2, 0.25) is 0 Å². The third-order valence-corrected chi connectivity index (χ3v) is 2.48. The first-order valence-corrected chi connectivity index (χ1v) is 5.16. The monoisotopic (exact) mass is 272 g/mol. The molecule has 2 aromatic rings. The number of nitrogens with zero attached hydrogens (tertiary/aromatic N) is 3. The van der Waals surface area contributed by atoms with Crippen molar-refractivity contribution >= 4 is 17.2 Å². The fraction of sp³-hybridized carbons (Fsp3) is 0.100. The van der Waals surface area contributed by atoms with Gasteiger partial charge in [-0.15, -0.1) is 0 Å². The molecule has 0 unspecified atom stereocenters. The first kappa shape index (κ1) is 12.5. The Balaban J connectivity index is 2.58. The van der Waals surface area contributed by atoms with Crippen molar-refractivity contribution in [1.29, 1.82) is 0 Å². The van der Waals surface area contributed by atoms with E-state index in [1.807, 2.05) is 0 Å². The Hall–Kier alpha value is -1.96. The van der Waals surface area contributed by atoms with Gasteiger partial charge < -0.3 is 5.73 Å². The molecule has 0 fully saturated rings. The van der Waals surface area contributed by atoms with Crippen LogP contribution in [-0.4, -0.2) is 19.8 Å². The number of benzene rings is 1. The number of halogens is 3. The Morgan fingerprint density at radius 1 is 1.33 bits per heavy atom. The van der Waals surface area contributed by atoms with Gasteiger partial charge in [-0.3, -0.25) is 0 Å². The normalized spacial score (nSPS) is 11.5. The van der Waals surface area contributed by atoms with Crippen molar-refractivity contribution in [3.8, 4) is 5.69 Å². The largest absolute Gasteiger partial charge is 0.417 e. The molecule has 2 N–H and O–H groups in total. The molecular formula is C10H7F3N4S. The lowest BCUT2D eigenvalue weighted by molar-refractivity contribution is -0.137. The second-order valence-corrected chi connectivity index (χ2v) is 3.87. The highest BCUT2D eigenvalue weighted by Gasteiger charge is 2.34. The maximum absolute atomic E-state index is 12.7. The summed E-state index contributed by atoms with van der Waals surface area (Å²) in [6.45, 7) is 0. The van der Waals surface area contributed by atoms with E-state index in [0.29, 0.717) is 5.69 Å². The van der Waals surface area contributed by atoms with Crippen LogP contribution in [0.1, 0.15) is 11.1 Å². The lowest BCUT2D eigenvalue weighted by atomic mass is 10.1. The summed E-state index contributed by atoms with van der Waals surface area (Å²) in [4.78, 5) is 3.39. The average molecular weight is 272 g/mol. The van der Waals surface area contributed by atoms with E-state index >= 15 is 0 Å². The zero-order valence-electron chi connectivity index (χ0n) is 8.85. The standard InChI is InChI=1S/C10H7F3N4S/c11-10(12,13)8-2-1-6(3-7(8)9(14)18)17-5-15-4-16-17/h1-5H,(H2,14,18). The molecule has 18 heavy (non-hydrogen) atoms. The van der Waals surface area contributed by atoms with Gasteiger partial charge in [0.15, 0.2) is 0 Å². The van der Waals surface area contributed by atoms with Crippen molar-refractivity contribution in [2.24, 2.45) is 5.73 Å². The highest BCUT2D eigenvalue weighted by molar-refractivity contribution is 7.80. The summed E-state index contributed by atoms with van der Waals surface area (Å²) in [6, 6.07) is 3.44. The molecule has 0 saturated carbocycles. The number of alkyl halides is 3. The Bertz CT molecular complexity index is 577. The molecule has 0 aliphatic rings. The van der Waals surface area contributed by atoms with Crippen molar-refractivity contribution in [3.05, 3.63) is 42.0 Å². The summed E-state index contributed by atoms with van der Waals surface area (Å²) < 4.78 is 39.5. The quantitative estimate of drug-likeness (QED) is 0.849. The van der Waals surface area contributed by atoms with Gasteiger partial charge in [0.25, 0.3) is 0 Å². The van der Waals surface area contributed by atoms with Crippen LogP contribution in [-0.2, 0) is 6.18 Å². The number of aromatic nitrogens is 3. The molecule has 0 spiro atoms. The molecule has 1 aromatic heterocycles. The topological polar surface area (TPSA) is 56.7 Å². The van der Waals surface area contributed by atoms with Gasteiger partial charge >= 0.3 is 6.18 Å². The predicted octanol–water partition coefficient (Wildman–Crippen LogP) is 1.92. The fourth-order valence-corrected chi connectivity index (χ4v) is 1.64. The highest BCUT2D eigenvalue weighted by atomic mass is 32.1. The Kier molecular flexibility index (Phi) is 3.04. The van der Waals surface area contributed by atoms with E-state index in [1.165, 1.54) is 29.5 Å². The summed E-state index contributed by atoms with van der Waals surface area (Å²) in [5.41, 5.74) is 4.63. The van der Waals surface area contributed by atoms with E-state index in [4.69, 9.17) is 5.73 Å². The molecule has 1 aromatic carbocycles. The van der Waals surface area contributed by atoms with Crippen LogP contribution >= 0.6 is 12.2 Å². The second kappa shape index (κ2) is 4.37. The molecular weight excluding hydrogens is 265 g/mol. The first-order valence-electron chi connectivity index (χ1n) is 4.75. The van der Waals surface area contributed by atoms with Crippen LogP contribution in [0.4, 0.5) is 13.2 Å². The molecule has 0 amide bonds. The van der Waals surface area contributed by atoms with Gasteiger partial charge in [0, 0.05) is 5.56 Å². The maximum atomic E-state index is 12.7. The van der Waals surface area contributed by atoms with Crippen molar-refractivity contribution in [3.63, 3.8) is 0 Å². The summed E-state index contributed by atoms with van der Waals surface area (Å²) in [6.07, 6.45) is -1.86. The van der Waals surface area contributed by atoms with Gasteiger partial charge in [-0.25, -0.2) is 9.67 Å². The lowest BCUT2D eigenvalue weighted by Gasteiger charge is -2.13. The molecule has 0 aliphatic carbocycles. The van der Waals surface area contributed by atoms with Crippen LogP contribution in [0.15, 0.2) is 30.9 Å². The molecule has 0 saturated heterocycles. The van der Waals surface area contributed by atoms with Gasteiger partial charge in [-0.05, 0) is 18.2 Å². The van der Waals surface area contributed by atoms with E-state index in [2.05, 4.69) is 22.3 Å². The summed E-state index contributed by atoms with van der Waals surface area (Å²) in [5.74, 6) is 0. The smallest absolute Gasteiger partial charge is 0.389 e. The molecule has 0 radical (unpaired) electrons. The minimum atomic E-state index is -4.50. The highest BCUT2D eigenvalue weighted by Crippen LogP contribution is 2.32. The minimum absolute atomic E-state index is 0.231. The lowest BCUT2D eigenvalue weighted by Crippen LogP contribution is -2.18. The third kappa shape index (κ3) is 2.33. The van der Waals surface area contributed by atoms with Crippen LogP contribution in [0.25, 0.3) is 5.69 Å². The Morgan fingerprint density at radius 2 is 2.06 bits per heavy atom. The number of hydrogen-bond donors (Lipinski definition) is 1. The van der Waals surface area contributed by atoms with E-state index < -0.39 is 11.7 Å². The van der Waals surface area contributed by atoms with E-state index in [1.54, 1.807) is 0 Å². The van der Waals surface area contributed by atoms with Crippen molar-refractivity contribution in [2.45, 2.75) is 6.18 Å². The molecule has 2 rings (SSSR count). The van der Waals surface area contributed by atoms with Crippen molar-refractivity contribution < 1.29 is 13.2 Å². The third-order valence-electron chi connectivity index (χ3n) is 2.26. The number of thiocarbonyl (C=S) groups is 1. The molecule has 8 heteroatoms. The van der Waals surface area contributed by atoms with Gasteiger partial charge in [-0.2, -0.15) is 18.3 Å². The van der Waals surface area contributed by atoms with Crippen LogP contribution in [0, 0.1) is 0 Å². The summed E-state index contributed by atoms with van der Waals surface area (Å²) >= 11 is 4.64. The minimum Gasteiger partial charge on any atom is -0.389 e. The van der Waals surface area contributed by atoms with Gasteiger partial charge in [0.1, 0.15) is 17.6 Å². The Morgan fingerprint density at radius 3 is 2.56 bits per heavy atom. The number of nitrogens with two attached hydrogens (primary N) is 1.